The number of urea groups is 1. The Kier molecular flexibility index (Phi) is 9.03. The molecule has 0 spiro atoms. The average molecular weight is 524 g/mol. The Morgan fingerprint density at radius 2 is 1.89 bits per heavy atom. The van der Waals surface area contributed by atoms with E-state index in [1.54, 1.807) is 25.6 Å². The molecule has 1 atom stereocenters. The van der Waals surface area contributed by atoms with Gasteiger partial charge in [0.15, 0.2) is 0 Å². The zero-order valence-corrected chi connectivity index (χ0v) is 22.3. The molecule has 0 saturated carbocycles. The number of nitrogens with zero attached hydrogens (tertiary/aromatic N) is 2. The summed E-state index contributed by atoms with van der Waals surface area (Å²) in [5, 5.41) is 4.95. The van der Waals surface area contributed by atoms with Crippen LogP contribution >= 0.6 is 11.3 Å². The van der Waals surface area contributed by atoms with Crippen molar-refractivity contribution in [1.29, 1.82) is 0 Å². The standard InChI is InChI=1S/C28H33N3O5S/c1-20-7-9-21(10-8-20)29-28(33)30(14-15-34-2)18-27(32)31-13-11-26-24(12-16-37-26)25(31)19-36-23-6-4-5-22(17-23)35-3/h4-10,12,16-17,25H,11,13-15,18-19H2,1-3H3,(H,29,33). The highest BCUT2D eigenvalue weighted by Crippen LogP contribution is 2.34. The fourth-order valence-electron chi connectivity index (χ4n) is 4.29. The molecule has 1 aliphatic rings. The first-order chi connectivity index (χ1) is 18.0. The molecule has 1 unspecified atom stereocenters. The minimum absolute atomic E-state index is 0.0593. The van der Waals surface area contributed by atoms with Gasteiger partial charge in [-0.15, -0.1) is 11.3 Å². The Hall–Kier alpha value is -3.56. The van der Waals surface area contributed by atoms with Gasteiger partial charge in [0.05, 0.1) is 19.8 Å². The van der Waals surface area contributed by atoms with Crippen LogP contribution < -0.4 is 14.8 Å². The van der Waals surface area contributed by atoms with Crippen molar-refractivity contribution in [3.8, 4) is 11.5 Å². The van der Waals surface area contributed by atoms with E-state index in [9.17, 15) is 9.59 Å². The molecule has 3 amide bonds. The van der Waals surface area contributed by atoms with Crippen LogP contribution in [-0.4, -0.2) is 68.8 Å². The molecule has 4 rings (SSSR count). The second-order valence-corrected chi connectivity index (χ2v) is 9.85. The number of hydrogen-bond donors (Lipinski definition) is 1. The highest BCUT2D eigenvalue weighted by atomic mass is 32.1. The van der Waals surface area contributed by atoms with E-state index in [1.807, 2.05) is 60.4 Å². The van der Waals surface area contributed by atoms with E-state index in [-0.39, 0.29) is 24.5 Å². The van der Waals surface area contributed by atoms with E-state index in [4.69, 9.17) is 14.2 Å². The van der Waals surface area contributed by atoms with Crippen LogP contribution in [0.15, 0.2) is 60.0 Å². The maximum atomic E-state index is 13.6. The quantitative estimate of drug-likeness (QED) is 0.415. The number of nitrogens with one attached hydrogen (secondary N) is 1. The van der Waals surface area contributed by atoms with Crippen molar-refractivity contribution < 1.29 is 23.8 Å². The third kappa shape index (κ3) is 6.81. The molecule has 2 heterocycles. The Morgan fingerprint density at radius 3 is 2.65 bits per heavy atom. The van der Waals surface area contributed by atoms with E-state index in [2.05, 4.69) is 16.8 Å². The first-order valence-corrected chi connectivity index (χ1v) is 13.1. The van der Waals surface area contributed by atoms with Gasteiger partial charge in [0.25, 0.3) is 0 Å². The summed E-state index contributed by atoms with van der Waals surface area (Å²) in [6, 6.07) is 16.4. The van der Waals surface area contributed by atoms with E-state index in [1.165, 1.54) is 9.78 Å². The number of rotatable bonds is 10. The van der Waals surface area contributed by atoms with Crippen LogP contribution in [0.4, 0.5) is 10.5 Å². The number of methoxy groups -OCH3 is 2. The van der Waals surface area contributed by atoms with Gasteiger partial charge in [-0.25, -0.2) is 4.79 Å². The number of ether oxygens (including phenoxy) is 3. The summed E-state index contributed by atoms with van der Waals surface area (Å²) in [6.45, 7) is 3.41. The fourth-order valence-corrected chi connectivity index (χ4v) is 5.22. The summed E-state index contributed by atoms with van der Waals surface area (Å²) < 4.78 is 16.6. The number of carbonyl (C=O) groups is 2. The highest BCUT2D eigenvalue weighted by molar-refractivity contribution is 7.10. The first kappa shape index (κ1) is 26.5. The Bertz CT molecular complexity index is 1200. The molecule has 37 heavy (non-hydrogen) atoms. The van der Waals surface area contributed by atoms with Gasteiger partial charge in [-0.2, -0.15) is 0 Å². The van der Waals surface area contributed by atoms with Crippen molar-refractivity contribution in [2.45, 2.75) is 19.4 Å². The van der Waals surface area contributed by atoms with Gasteiger partial charge in [-0.1, -0.05) is 23.8 Å². The van der Waals surface area contributed by atoms with Crippen molar-refractivity contribution in [1.82, 2.24) is 9.80 Å². The summed E-state index contributed by atoms with van der Waals surface area (Å²) in [5.41, 5.74) is 2.88. The van der Waals surface area contributed by atoms with Crippen LogP contribution in [0, 0.1) is 6.92 Å². The van der Waals surface area contributed by atoms with Crippen molar-refractivity contribution in [2.75, 3.05) is 52.4 Å². The molecule has 3 aromatic rings. The van der Waals surface area contributed by atoms with E-state index in [0.29, 0.717) is 43.5 Å². The van der Waals surface area contributed by atoms with Crippen LogP contribution in [0.5, 0.6) is 11.5 Å². The average Bonchev–Trinajstić information content (AvgIpc) is 3.40. The molecule has 0 radical (unpaired) electrons. The molecule has 196 valence electrons. The summed E-state index contributed by atoms with van der Waals surface area (Å²) in [4.78, 5) is 31.3. The van der Waals surface area contributed by atoms with Gasteiger partial charge in [0.2, 0.25) is 5.91 Å². The number of hydrogen-bond acceptors (Lipinski definition) is 6. The molecule has 1 aromatic heterocycles. The lowest BCUT2D eigenvalue weighted by Crippen LogP contribution is -2.49. The zero-order chi connectivity index (χ0) is 26.2. The van der Waals surface area contributed by atoms with Crippen molar-refractivity contribution in [2.24, 2.45) is 0 Å². The smallest absolute Gasteiger partial charge is 0.322 e. The Balaban J connectivity index is 1.48. The monoisotopic (exact) mass is 523 g/mol. The number of carbonyl (C=O) groups excluding carboxylic acids is 2. The van der Waals surface area contributed by atoms with Crippen molar-refractivity contribution in [3.63, 3.8) is 0 Å². The van der Waals surface area contributed by atoms with Crippen LogP contribution in [0.3, 0.4) is 0 Å². The SMILES string of the molecule is COCCN(CC(=O)N1CCc2sccc2C1COc1cccc(OC)c1)C(=O)Nc1ccc(C)cc1. The second-order valence-electron chi connectivity index (χ2n) is 8.85. The minimum Gasteiger partial charge on any atom is -0.497 e. The molecule has 8 nitrogen and oxygen atoms in total. The highest BCUT2D eigenvalue weighted by Gasteiger charge is 2.33. The molecular formula is C28H33N3O5S. The number of thiophene rings is 1. The van der Waals surface area contributed by atoms with E-state index < -0.39 is 0 Å². The van der Waals surface area contributed by atoms with Crippen molar-refractivity contribution in [3.05, 3.63) is 76.0 Å². The van der Waals surface area contributed by atoms with Gasteiger partial charge in [-0.3, -0.25) is 4.79 Å². The Morgan fingerprint density at radius 1 is 1.11 bits per heavy atom. The molecular weight excluding hydrogens is 490 g/mol. The van der Waals surface area contributed by atoms with Gasteiger partial charge in [-0.05, 0) is 54.6 Å². The van der Waals surface area contributed by atoms with Crippen LogP contribution in [0.2, 0.25) is 0 Å². The summed E-state index contributed by atoms with van der Waals surface area (Å²) in [6.07, 6.45) is 0.780. The molecule has 2 aromatic carbocycles. The lowest BCUT2D eigenvalue weighted by Gasteiger charge is -2.37. The molecule has 1 N–H and O–H groups in total. The van der Waals surface area contributed by atoms with Gasteiger partial charge >= 0.3 is 6.03 Å². The third-order valence-corrected chi connectivity index (χ3v) is 7.34. The molecule has 0 aliphatic carbocycles. The zero-order valence-electron chi connectivity index (χ0n) is 21.4. The molecule has 9 heteroatoms. The molecule has 0 bridgehead atoms. The number of amides is 3. The van der Waals surface area contributed by atoms with Gasteiger partial charge in [0.1, 0.15) is 24.7 Å². The first-order valence-electron chi connectivity index (χ1n) is 12.2. The van der Waals surface area contributed by atoms with Crippen molar-refractivity contribution >= 4 is 29.0 Å². The number of anilines is 1. The minimum atomic E-state index is -0.341. The predicted molar refractivity (Wildman–Crippen MR) is 145 cm³/mol. The van der Waals surface area contributed by atoms with Crippen LogP contribution in [0.1, 0.15) is 22.0 Å². The van der Waals surface area contributed by atoms with Crippen LogP contribution in [-0.2, 0) is 16.0 Å². The molecule has 0 saturated heterocycles. The topological polar surface area (TPSA) is 80.3 Å². The second kappa shape index (κ2) is 12.6. The van der Waals surface area contributed by atoms with Gasteiger partial charge in [0, 0.05) is 36.8 Å². The Labute approximate surface area is 221 Å². The molecule has 0 fully saturated rings. The lowest BCUT2D eigenvalue weighted by atomic mass is 10.0. The summed E-state index contributed by atoms with van der Waals surface area (Å²) in [7, 11) is 3.19. The predicted octanol–water partition coefficient (Wildman–Crippen LogP) is 4.75. The number of aryl methyl sites for hydroxylation is 1. The maximum Gasteiger partial charge on any atom is 0.322 e. The lowest BCUT2D eigenvalue weighted by molar-refractivity contribution is -0.135. The maximum absolute atomic E-state index is 13.6. The number of fused-ring (bicyclic) bond motifs is 1. The van der Waals surface area contributed by atoms with Crippen LogP contribution in [0.25, 0.3) is 0 Å². The fraction of sp³-hybridized carbons (Fsp3) is 0.357. The normalized spacial score (nSPS) is 14.6. The molecule has 1 aliphatic heterocycles. The summed E-state index contributed by atoms with van der Waals surface area (Å²) >= 11 is 1.70. The third-order valence-electron chi connectivity index (χ3n) is 6.35. The van der Waals surface area contributed by atoms with E-state index in [0.717, 1.165) is 17.5 Å². The summed E-state index contributed by atoms with van der Waals surface area (Å²) in [5.74, 6) is 1.25. The van der Waals surface area contributed by atoms with E-state index >= 15 is 0 Å². The van der Waals surface area contributed by atoms with Gasteiger partial charge < -0.3 is 29.3 Å². The largest absolute Gasteiger partial charge is 0.497 e. The number of benzene rings is 2.